The normalized spacial score (nSPS) is 11.7. The van der Waals surface area contributed by atoms with E-state index in [1.807, 2.05) is 24.3 Å². The largest absolute Gasteiger partial charge is 0.373 e. The number of carbonyl (C=O) groups is 1. The molecule has 0 spiro atoms. The van der Waals surface area contributed by atoms with Crippen molar-refractivity contribution in [1.29, 1.82) is 0 Å². The summed E-state index contributed by atoms with van der Waals surface area (Å²) < 4.78 is 13.0. The minimum Gasteiger partial charge on any atom is -0.373 e. The summed E-state index contributed by atoms with van der Waals surface area (Å²) in [5.41, 5.74) is 14.2. The Morgan fingerprint density at radius 3 is 2.38 bits per heavy atom. The van der Waals surface area contributed by atoms with Crippen molar-refractivity contribution in [1.82, 2.24) is 9.97 Å². The molecule has 0 bridgehead atoms. The van der Waals surface area contributed by atoms with Crippen LogP contribution >= 0.6 is 0 Å². The van der Waals surface area contributed by atoms with E-state index in [4.69, 9.17) is 11.5 Å². The van der Waals surface area contributed by atoms with Crippen LogP contribution < -0.4 is 16.8 Å². The fourth-order valence-electron chi connectivity index (χ4n) is 2.55. The molecule has 0 saturated heterocycles. The lowest BCUT2D eigenvalue weighted by Gasteiger charge is -2.17. The summed E-state index contributed by atoms with van der Waals surface area (Å²) in [5, 5.41) is 3.11. The number of amides is 1. The topological polar surface area (TPSA) is 107 Å². The Morgan fingerprint density at radius 1 is 1.08 bits per heavy atom. The number of nitrogens with two attached hydrogens (primary N) is 2. The second kappa shape index (κ2) is 7.60. The zero-order valence-corrected chi connectivity index (χ0v) is 13.9. The molecule has 0 fully saturated rings. The Balaban J connectivity index is 1.73. The summed E-state index contributed by atoms with van der Waals surface area (Å²) in [6.45, 7) is 0. The zero-order chi connectivity index (χ0) is 18.5. The molecule has 1 amide bonds. The van der Waals surface area contributed by atoms with Gasteiger partial charge in [0, 0.05) is 23.9 Å². The molecule has 0 aliphatic carbocycles. The number of hydrogen-bond donors (Lipinski definition) is 3. The minimum atomic E-state index is -0.610. The first-order chi connectivity index (χ1) is 12.5. The van der Waals surface area contributed by atoms with Gasteiger partial charge in [-0.1, -0.05) is 24.3 Å². The molecule has 6 nitrogen and oxygen atoms in total. The van der Waals surface area contributed by atoms with Gasteiger partial charge in [0.1, 0.15) is 11.9 Å². The van der Waals surface area contributed by atoms with Crippen molar-refractivity contribution in [2.24, 2.45) is 5.73 Å². The molecule has 1 heterocycles. The average Bonchev–Trinajstić information content (AvgIpc) is 2.63. The fraction of sp³-hybridized carbons (Fsp3) is 0.105. The van der Waals surface area contributed by atoms with Gasteiger partial charge in [-0.2, -0.15) is 0 Å². The smallest absolute Gasteiger partial charge is 0.240 e. The molecule has 1 aromatic heterocycles. The summed E-state index contributed by atoms with van der Waals surface area (Å²) in [7, 11) is 0. The molecule has 0 radical (unpaired) electrons. The van der Waals surface area contributed by atoms with Gasteiger partial charge in [-0.25, -0.2) is 14.4 Å². The van der Waals surface area contributed by atoms with Crippen molar-refractivity contribution in [2.75, 3.05) is 11.1 Å². The number of benzene rings is 2. The number of nitrogens with one attached hydrogen (secondary N) is 1. The highest BCUT2D eigenvalue weighted by Gasteiger charge is 2.16. The van der Waals surface area contributed by atoms with Crippen molar-refractivity contribution >= 4 is 17.5 Å². The van der Waals surface area contributed by atoms with Crippen LogP contribution in [0.5, 0.6) is 0 Å². The van der Waals surface area contributed by atoms with E-state index in [2.05, 4.69) is 15.3 Å². The lowest BCUT2D eigenvalue weighted by atomic mass is 10.0. The molecule has 0 saturated carbocycles. The first-order valence-electron chi connectivity index (χ1n) is 8.00. The second-order valence-electron chi connectivity index (χ2n) is 5.81. The van der Waals surface area contributed by atoms with Crippen molar-refractivity contribution < 1.29 is 9.18 Å². The maximum Gasteiger partial charge on any atom is 0.240 e. The van der Waals surface area contributed by atoms with Gasteiger partial charge in [-0.3, -0.25) is 4.79 Å². The molecule has 0 aliphatic heterocycles. The van der Waals surface area contributed by atoms with Gasteiger partial charge < -0.3 is 16.8 Å². The third kappa shape index (κ3) is 4.32. The number of hydrogen-bond acceptors (Lipinski definition) is 5. The third-order valence-corrected chi connectivity index (χ3v) is 3.89. The van der Waals surface area contributed by atoms with Crippen LogP contribution in [0, 0.1) is 5.82 Å². The minimum absolute atomic E-state index is 0.206. The maximum absolute atomic E-state index is 13.0. The lowest BCUT2D eigenvalue weighted by Crippen LogP contribution is -2.37. The molecule has 2 aromatic carbocycles. The van der Waals surface area contributed by atoms with Gasteiger partial charge in [0.25, 0.3) is 0 Å². The first-order valence-corrected chi connectivity index (χ1v) is 8.00. The van der Waals surface area contributed by atoms with Gasteiger partial charge >= 0.3 is 0 Å². The van der Waals surface area contributed by atoms with Crippen LogP contribution in [-0.2, 0) is 11.2 Å². The maximum atomic E-state index is 13.0. The number of anilines is 2. The molecular formula is C19H18FN5O. The fourth-order valence-corrected chi connectivity index (χ4v) is 2.55. The highest BCUT2D eigenvalue weighted by molar-refractivity contribution is 5.83. The van der Waals surface area contributed by atoms with E-state index in [1.54, 1.807) is 24.4 Å². The lowest BCUT2D eigenvalue weighted by molar-refractivity contribution is -0.118. The Morgan fingerprint density at radius 2 is 1.77 bits per heavy atom. The Hall–Kier alpha value is -3.48. The zero-order valence-electron chi connectivity index (χ0n) is 13.9. The van der Waals surface area contributed by atoms with Crippen LogP contribution in [0.15, 0.2) is 60.8 Å². The highest BCUT2D eigenvalue weighted by Crippen LogP contribution is 2.20. The van der Waals surface area contributed by atoms with Crippen LogP contribution in [0.3, 0.4) is 0 Å². The Labute approximate surface area is 150 Å². The van der Waals surface area contributed by atoms with Gasteiger partial charge in [-0.05, 0) is 35.9 Å². The highest BCUT2D eigenvalue weighted by atomic mass is 19.1. The monoisotopic (exact) mass is 351 g/mol. The third-order valence-electron chi connectivity index (χ3n) is 3.89. The SMILES string of the molecule is NC(=O)[C@@H](Cc1ccc(F)cc1)Nc1ccc(-c2ccnc(N)n2)cc1. The van der Waals surface area contributed by atoms with E-state index in [0.717, 1.165) is 16.8 Å². The molecule has 132 valence electrons. The second-order valence-corrected chi connectivity index (χ2v) is 5.81. The van der Waals surface area contributed by atoms with E-state index >= 15 is 0 Å². The van der Waals surface area contributed by atoms with Gasteiger partial charge in [-0.15, -0.1) is 0 Å². The molecule has 5 N–H and O–H groups in total. The van der Waals surface area contributed by atoms with E-state index in [9.17, 15) is 9.18 Å². The quantitative estimate of drug-likeness (QED) is 0.632. The summed E-state index contributed by atoms with van der Waals surface area (Å²) in [5.74, 6) is -0.599. The van der Waals surface area contributed by atoms with Crippen LogP contribution in [0.1, 0.15) is 5.56 Å². The summed E-state index contributed by atoms with van der Waals surface area (Å²) in [6, 6.07) is 14.5. The van der Waals surface area contributed by atoms with Crippen molar-refractivity contribution in [3.8, 4) is 11.3 Å². The molecule has 7 heteroatoms. The van der Waals surface area contributed by atoms with E-state index in [0.29, 0.717) is 12.1 Å². The Kier molecular flexibility index (Phi) is 5.07. The number of primary amides is 1. The van der Waals surface area contributed by atoms with Crippen LogP contribution in [0.25, 0.3) is 11.3 Å². The number of aromatic nitrogens is 2. The van der Waals surface area contributed by atoms with E-state index in [-0.39, 0.29) is 11.8 Å². The first kappa shape index (κ1) is 17.3. The molecule has 1 atom stereocenters. The van der Waals surface area contributed by atoms with Crippen LogP contribution in [0.4, 0.5) is 16.0 Å². The van der Waals surface area contributed by atoms with Crippen molar-refractivity contribution in [3.63, 3.8) is 0 Å². The number of carbonyl (C=O) groups excluding carboxylic acids is 1. The Bertz CT molecular complexity index is 897. The van der Waals surface area contributed by atoms with Crippen LogP contribution in [0.2, 0.25) is 0 Å². The predicted molar refractivity (Wildman–Crippen MR) is 98.6 cm³/mol. The molecule has 0 aliphatic rings. The average molecular weight is 351 g/mol. The molecule has 3 rings (SSSR count). The molecule has 0 unspecified atom stereocenters. The number of rotatable bonds is 6. The van der Waals surface area contributed by atoms with Crippen molar-refractivity contribution in [2.45, 2.75) is 12.5 Å². The summed E-state index contributed by atoms with van der Waals surface area (Å²) in [4.78, 5) is 19.8. The van der Waals surface area contributed by atoms with E-state index in [1.165, 1.54) is 12.1 Å². The standard InChI is InChI=1S/C19H18FN5O/c20-14-5-1-12(2-6-14)11-17(18(21)26)24-15-7-3-13(4-8-15)16-9-10-23-19(22)25-16/h1-10,17,24H,11H2,(H2,21,26)(H2,22,23,25)/t17-/m1/s1. The van der Waals surface area contributed by atoms with Crippen LogP contribution in [-0.4, -0.2) is 21.9 Å². The predicted octanol–water partition coefficient (Wildman–Crippen LogP) is 2.37. The number of halogens is 1. The number of nitrogens with zero attached hydrogens (tertiary/aromatic N) is 2. The van der Waals surface area contributed by atoms with Crippen molar-refractivity contribution in [3.05, 3.63) is 72.2 Å². The summed E-state index contributed by atoms with van der Waals surface area (Å²) >= 11 is 0. The molecule has 26 heavy (non-hydrogen) atoms. The number of nitrogen functional groups attached to an aromatic ring is 1. The van der Waals surface area contributed by atoms with E-state index < -0.39 is 11.9 Å². The van der Waals surface area contributed by atoms with Gasteiger partial charge in [0.05, 0.1) is 5.69 Å². The van der Waals surface area contributed by atoms with Gasteiger partial charge in [0.2, 0.25) is 11.9 Å². The van der Waals surface area contributed by atoms with Gasteiger partial charge in [0.15, 0.2) is 0 Å². The molecule has 3 aromatic rings. The summed E-state index contributed by atoms with van der Waals surface area (Å²) in [6.07, 6.45) is 1.95. The molecular weight excluding hydrogens is 333 g/mol.